The van der Waals surface area contributed by atoms with Crippen LogP contribution in [0.1, 0.15) is 22.1 Å². The summed E-state index contributed by atoms with van der Waals surface area (Å²) in [5.41, 5.74) is 2.59. The van der Waals surface area contributed by atoms with Crippen LogP contribution in [0.4, 0.5) is 0 Å². The van der Waals surface area contributed by atoms with Gasteiger partial charge in [0.05, 0.1) is 23.9 Å². The van der Waals surface area contributed by atoms with Crippen LogP contribution >= 0.6 is 0 Å². The Morgan fingerprint density at radius 2 is 2.09 bits per heavy atom. The number of methoxy groups -OCH3 is 1. The molecule has 2 aromatic heterocycles. The molecule has 0 saturated carbocycles. The molecule has 0 aliphatic rings. The fraction of sp³-hybridized carbons (Fsp3) is 0.294. The van der Waals surface area contributed by atoms with Crippen LogP contribution in [-0.2, 0) is 18.8 Å². The molecule has 0 fully saturated rings. The van der Waals surface area contributed by atoms with Gasteiger partial charge in [0, 0.05) is 44.5 Å². The van der Waals surface area contributed by atoms with Crippen LogP contribution in [0.15, 0.2) is 42.7 Å². The Morgan fingerprint density at radius 3 is 2.78 bits per heavy atom. The quantitative estimate of drug-likeness (QED) is 0.784. The van der Waals surface area contributed by atoms with Crippen molar-refractivity contribution in [1.29, 1.82) is 0 Å². The van der Waals surface area contributed by atoms with Crippen LogP contribution < -0.4 is 5.32 Å². The molecule has 23 heavy (non-hydrogen) atoms. The summed E-state index contributed by atoms with van der Waals surface area (Å²) >= 11 is 0. The minimum atomic E-state index is -0.251. The molecule has 2 heterocycles. The number of carbonyl (C=O) groups is 1. The summed E-state index contributed by atoms with van der Waals surface area (Å²) in [5.74, 6) is -0.120. The van der Waals surface area contributed by atoms with Crippen molar-refractivity contribution in [2.75, 3.05) is 13.7 Å². The second-order valence-electron chi connectivity index (χ2n) is 5.53. The number of nitrogens with one attached hydrogen (secondary N) is 1. The summed E-state index contributed by atoms with van der Waals surface area (Å²) in [6, 6.07) is 9.49. The monoisotopic (exact) mass is 312 g/mol. The van der Waals surface area contributed by atoms with E-state index in [1.165, 1.54) is 0 Å². The van der Waals surface area contributed by atoms with Gasteiger partial charge >= 0.3 is 0 Å². The molecule has 6 heteroatoms. The smallest absolute Gasteiger partial charge is 0.254 e. The van der Waals surface area contributed by atoms with Gasteiger partial charge in [-0.3, -0.25) is 9.48 Å². The highest BCUT2D eigenvalue weighted by Gasteiger charge is 2.20. The number of aromatic nitrogens is 3. The first kappa shape index (κ1) is 15.3. The minimum absolute atomic E-state index is 0.120. The largest absolute Gasteiger partial charge is 0.382 e. The van der Waals surface area contributed by atoms with E-state index in [1.807, 2.05) is 55.2 Å². The Balaban J connectivity index is 1.91. The van der Waals surface area contributed by atoms with Gasteiger partial charge in [0.25, 0.3) is 5.91 Å². The van der Waals surface area contributed by atoms with Crippen LogP contribution in [0.5, 0.6) is 0 Å². The molecule has 1 N–H and O–H groups in total. The van der Waals surface area contributed by atoms with Crippen molar-refractivity contribution in [1.82, 2.24) is 19.7 Å². The van der Waals surface area contributed by atoms with Gasteiger partial charge in [-0.2, -0.15) is 5.10 Å². The summed E-state index contributed by atoms with van der Waals surface area (Å²) < 4.78 is 8.95. The topological polar surface area (TPSA) is 61.1 Å². The molecule has 0 spiro atoms. The van der Waals surface area contributed by atoms with Crippen LogP contribution in [0.2, 0.25) is 0 Å². The first-order valence-corrected chi connectivity index (χ1v) is 7.43. The maximum atomic E-state index is 12.8. The van der Waals surface area contributed by atoms with E-state index in [4.69, 9.17) is 4.74 Å². The maximum Gasteiger partial charge on any atom is 0.254 e. The van der Waals surface area contributed by atoms with E-state index in [1.54, 1.807) is 18.0 Å². The van der Waals surface area contributed by atoms with Crippen molar-refractivity contribution >= 4 is 16.8 Å². The van der Waals surface area contributed by atoms with E-state index >= 15 is 0 Å². The molecule has 0 aliphatic heterocycles. The number of fused-ring (bicyclic) bond motifs is 1. The van der Waals surface area contributed by atoms with Gasteiger partial charge in [0.1, 0.15) is 0 Å². The predicted molar refractivity (Wildman–Crippen MR) is 88.2 cm³/mol. The molecule has 0 saturated heterocycles. The fourth-order valence-corrected chi connectivity index (χ4v) is 2.85. The van der Waals surface area contributed by atoms with Crippen LogP contribution in [-0.4, -0.2) is 34.0 Å². The van der Waals surface area contributed by atoms with Crippen molar-refractivity contribution in [2.45, 2.75) is 6.04 Å². The minimum Gasteiger partial charge on any atom is -0.382 e. The van der Waals surface area contributed by atoms with Gasteiger partial charge in [-0.25, -0.2) is 0 Å². The number of para-hydroxylation sites is 1. The number of aryl methyl sites for hydroxylation is 2. The van der Waals surface area contributed by atoms with Gasteiger partial charge in [-0.15, -0.1) is 0 Å². The van der Waals surface area contributed by atoms with Crippen LogP contribution in [0.3, 0.4) is 0 Å². The average molecular weight is 312 g/mol. The summed E-state index contributed by atoms with van der Waals surface area (Å²) in [7, 11) is 5.41. The summed E-state index contributed by atoms with van der Waals surface area (Å²) in [6.45, 7) is 0.385. The van der Waals surface area contributed by atoms with Gasteiger partial charge in [-0.1, -0.05) is 18.2 Å². The first-order valence-electron chi connectivity index (χ1n) is 7.43. The lowest BCUT2D eigenvalue weighted by Gasteiger charge is -2.18. The molecule has 3 rings (SSSR count). The Morgan fingerprint density at radius 1 is 1.30 bits per heavy atom. The SMILES string of the molecule is COCC(NC(=O)c1cn(C)c2ccccc12)c1ccnn1C. The van der Waals surface area contributed by atoms with Crippen molar-refractivity contribution in [3.63, 3.8) is 0 Å². The zero-order valence-electron chi connectivity index (χ0n) is 13.5. The second-order valence-corrected chi connectivity index (χ2v) is 5.53. The lowest BCUT2D eigenvalue weighted by atomic mass is 10.1. The lowest BCUT2D eigenvalue weighted by Crippen LogP contribution is -2.32. The van der Waals surface area contributed by atoms with Gasteiger partial charge in [0.15, 0.2) is 0 Å². The number of nitrogens with zero attached hydrogens (tertiary/aromatic N) is 3. The van der Waals surface area contributed by atoms with E-state index in [0.717, 1.165) is 16.6 Å². The zero-order valence-corrected chi connectivity index (χ0v) is 13.5. The highest BCUT2D eigenvalue weighted by Crippen LogP contribution is 2.21. The fourth-order valence-electron chi connectivity index (χ4n) is 2.85. The van der Waals surface area contributed by atoms with Crippen LogP contribution in [0.25, 0.3) is 10.9 Å². The van der Waals surface area contributed by atoms with Crippen molar-refractivity contribution in [3.05, 3.63) is 54.0 Å². The number of carbonyl (C=O) groups excluding carboxylic acids is 1. The summed E-state index contributed by atoms with van der Waals surface area (Å²) in [6.07, 6.45) is 3.56. The number of amides is 1. The van der Waals surface area contributed by atoms with Crippen LogP contribution in [0, 0.1) is 0 Å². The molecule has 1 amide bonds. The van der Waals surface area contributed by atoms with Gasteiger partial charge in [0.2, 0.25) is 0 Å². The molecule has 1 unspecified atom stereocenters. The molecule has 120 valence electrons. The van der Waals surface area contributed by atoms with E-state index in [9.17, 15) is 4.79 Å². The van der Waals surface area contributed by atoms with E-state index < -0.39 is 0 Å². The molecule has 3 aromatic rings. The van der Waals surface area contributed by atoms with E-state index in [-0.39, 0.29) is 11.9 Å². The highest BCUT2D eigenvalue weighted by atomic mass is 16.5. The molecule has 0 bridgehead atoms. The van der Waals surface area contributed by atoms with E-state index in [0.29, 0.717) is 12.2 Å². The molecule has 1 atom stereocenters. The number of benzene rings is 1. The molecule has 0 aliphatic carbocycles. The van der Waals surface area contributed by atoms with Gasteiger partial charge in [-0.05, 0) is 12.1 Å². The Hall–Kier alpha value is -2.60. The normalized spacial score (nSPS) is 12.5. The standard InChI is InChI=1S/C17H20N4O2/c1-20-10-13(12-6-4-5-7-15(12)20)17(22)19-14(11-23-3)16-8-9-18-21(16)2/h4-10,14H,11H2,1-3H3,(H,19,22). The molecule has 1 aromatic carbocycles. The second kappa shape index (κ2) is 6.26. The number of rotatable bonds is 5. The maximum absolute atomic E-state index is 12.8. The van der Waals surface area contributed by atoms with Crippen molar-refractivity contribution < 1.29 is 9.53 Å². The summed E-state index contributed by atoms with van der Waals surface area (Å²) in [4.78, 5) is 12.8. The predicted octanol–water partition coefficient (Wildman–Crippen LogP) is 2.03. The third-order valence-electron chi connectivity index (χ3n) is 4.00. The molecule has 0 radical (unpaired) electrons. The van der Waals surface area contributed by atoms with Crippen molar-refractivity contribution in [3.8, 4) is 0 Å². The zero-order chi connectivity index (χ0) is 16.4. The molecule has 6 nitrogen and oxygen atoms in total. The third-order valence-corrected chi connectivity index (χ3v) is 4.00. The van der Waals surface area contributed by atoms with Crippen molar-refractivity contribution in [2.24, 2.45) is 14.1 Å². The van der Waals surface area contributed by atoms with Gasteiger partial charge < -0.3 is 14.6 Å². The third kappa shape index (κ3) is 2.85. The Kier molecular flexibility index (Phi) is 4.16. The lowest BCUT2D eigenvalue weighted by molar-refractivity contribution is 0.0894. The average Bonchev–Trinajstić information content (AvgIpc) is 3.11. The first-order chi connectivity index (χ1) is 11.1. The highest BCUT2D eigenvalue weighted by molar-refractivity contribution is 6.07. The Labute approximate surface area is 134 Å². The summed E-state index contributed by atoms with van der Waals surface area (Å²) in [5, 5.41) is 8.14. The number of hydrogen-bond donors (Lipinski definition) is 1. The van der Waals surface area contributed by atoms with E-state index in [2.05, 4.69) is 10.4 Å². The Bertz CT molecular complexity index is 834. The molecular formula is C17H20N4O2. The molecular weight excluding hydrogens is 292 g/mol. The number of hydrogen-bond acceptors (Lipinski definition) is 3. The number of ether oxygens (including phenoxy) is 1.